The molecule has 0 aliphatic carbocycles. The number of carbonyl (C=O) groups excluding carboxylic acids is 1. The van der Waals surface area contributed by atoms with Crippen LogP contribution in [0.1, 0.15) is 19.8 Å². The van der Waals surface area contributed by atoms with E-state index in [-0.39, 0.29) is 18.4 Å². The number of piperidine rings is 1. The number of nitrogens with zero attached hydrogens (tertiary/aromatic N) is 1. The number of esters is 1. The zero-order valence-electron chi connectivity index (χ0n) is 11.0. The average Bonchev–Trinajstić information content (AvgIpc) is 2.86. The standard InChI is InChI=1S/C12H16BrNO4S2/c1-2-18-11(15)9-4-3-6-14(8-9)20(16,17)12-10(13)5-7-19-12/h5,7,9H,2-4,6,8H2,1H3/t9-/m1/s1. The molecule has 1 saturated heterocycles. The summed E-state index contributed by atoms with van der Waals surface area (Å²) in [5.41, 5.74) is 0. The summed E-state index contributed by atoms with van der Waals surface area (Å²) in [7, 11) is -3.53. The second kappa shape index (κ2) is 6.55. The van der Waals surface area contributed by atoms with Crippen molar-refractivity contribution in [3.05, 3.63) is 15.9 Å². The van der Waals surface area contributed by atoms with Crippen molar-refractivity contribution >= 4 is 43.3 Å². The van der Waals surface area contributed by atoms with Crippen LogP contribution in [-0.4, -0.2) is 38.4 Å². The summed E-state index contributed by atoms with van der Waals surface area (Å²) in [5.74, 6) is -0.671. The largest absolute Gasteiger partial charge is 0.466 e. The van der Waals surface area contributed by atoms with Crippen molar-refractivity contribution in [2.75, 3.05) is 19.7 Å². The smallest absolute Gasteiger partial charge is 0.310 e. The number of carbonyl (C=O) groups is 1. The van der Waals surface area contributed by atoms with Crippen molar-refractivity contribution < 1.29 is 17.9 Å². The predicted octanol–water partition coefficient (Wildman–Crippen LogP) is 2.47. The van der Waals surface area contributed by atoms with Crippen LogP contribution in [0.4, 0.5) is 0 Å². The highest BCUT2D eigenvalue weighted by atomic mass is 79.9. The fraction of sp³-hybridized carbons (Fsp3) is 0.583. The first kappa shape index (κ1) is 15.9. The molecular weight excluding hydrogens is 366 g/mol. The van der Waals surface area contributed by atoms with Gasteiger partial charge in [0.1, 0.15) is 4.21 Å². The molecule has 1 aromatic rings. The van der Waals surface area contributed by atoms with Crippen LogP contribution >= 0.6 is 27.3 Å². The molecule has 0 amide bonds. The number of hydrogen-bond acceptors (Lipinski definition) is 5. The Labute approximate surface area is 131 Å². The van der Waals surface area contributed by atoms with E-state index in [1.54, 1.807) is 18.4 Å². The van der Waals surface area contributed by atoms with Crippen molar-refractivity contribution in [2.45, 2.75) is 24.0 Å². The molecule has 20 heavy (non-hydrogen) atoms. The number of rotatable bonds is 4. The molecule has 2 rings (SSSR count). The number of ether oxygens (including phenoxy) is 1. The minimum atomic E-state index is -3.53. The van der Waals surface area contributed by atoms with Crippen LogP contribution < -0.4 is 0 Å². The molecule has 1 fully saturated rings. The second-order valence-corrected chi connectivity index (χ2v) is 8.41. The monoisotopic (exact) mass is 381 g/mol. The maximum Gasteiger partial charge on any atom is 0.310 e. The Balaban J connectivity index is 2.17. The number of sulfonamides is 1. The van der Waals surface area contributed by atoms with Crippen molar-refractivity contribution in [3.63, 3.8) is 0 Å². The van der Waals surface area contributed by atoms with Crippen LogP contribution in [-0.2, 0) is 19.6 Å². The third-order valence-electron chi connectivity index (χ3n) is 3.16. The van der Waals surface area contributed by atoms with Crippen molar-refractivity contribution in [2.24, 2.45) is 5.92 Å². The van der Waals surface area contributed by atoms with Crippen LogP contribution in [0.15, 0.2) is 20.1 Å². The Kier molecular flexibility index (Phi) is 5.22. The minimum absolute atomic E-state index is 0.200. The number of halogens is 1. The molecule has 1 aliphatic heterocycles. The molecule has 0 radical (unpaired) electrons. The Morgan fingerprint density at radius 3 is 2.95 bits per heavy atom. The van der Waals surface area contributed by atoms with Gasteiger partial charge in [-0.15, -0.1) is 11.3 Å². The van der Waals surface area contributed by atoms with E-state index in [4.69, 9.17) is 4.74 Å². The van der Waals surface area contributed by atoms with Crippen LogP contribution in [0.25, 0.3) is 0 Å². The molecule has 8 heteroatoms. The molecule has 0 spiro atoms. The summed E-state index contributed by atoms with van der Waals surface area (Å²) >= 11 is 4.43. The molecule has 0 bridgehead atoms. The molecule has 0 unspecified atom stereocenters. The SMILES string of the molecule is CCOC(=O)[C@@H]1CCCN(S(=O)(=O)c2sccc2Br)C1. The van der Waals surface area contributed by atoms with E-state index in [1.165, 1.54) is 15.6 Å². The maximum absolute atomic E-state index is 12.5. The molecule has 1 aliphatic rings. The van der Waals surface area contributed by atoms with Crippen molar-refractivity contribution in [1.29, 1.82) is 0 Å². The minimum Gasteiger partial charge on any atom is -0.466 e. The number of thiophene rings is 1. The van der Waals surface area contributed by atoms with Gasteiger partial charge in [0.25, 0.3) is 10.0 Å². The molecule has 1 aromatic heterocycles. The van der Waals surface area contributed by atoms with Crippen LogP contribution in [0.3, 0.4) is 0 Å². The molecule has 112 valence electrons. The first-order valence-corrected chi connectivity index (χ1v) is 9.48. The maximum atomic E-state index is 12.5. The summed E-state index contributed by atoms with van der Waals surface area (Å²) < 4.78 is 32.3. The van der Waals surface area contributed by atoms with E-state index in [2.05, 4.69) is 15.9 Å². The van der Waals surface area contributed by atoms with Gasteiger partial charge < -0.3 is 4.74 Å². The molecule has 0 saturated carbocycles. The lowest BCUT2D eigenvalue weighted by molar-refractivity contribution is -0.149. The lowest BCUT2D eigenvalue weighted by atomic mass is 10.0. The molecule has 0 aromatic carbocycles. The van der Waals surface area contributed by atoms with Gasteiger partial charge in [-0.25, -0.2) is 8.42 Å². The Bertz CT molecular complexity index is 584. The van der Waals surface area contributed by atoms with Gasteiger partial charge in [-0.3, -0.25) is 4.79 Å². The predicted molar refractivity (Wildman–Crippen MR) is 80.1 cm³/mol. The lowest BCUT2D eigenvalue weighted by Gasteiger charge is -2.30. The summed E-state index contributed by atoms with van der Waals surface area (Å²) in [5, 5.41) is 1.73. The quantitative estimate of drug-likeness (QED) is 0.751. The van der Waals surface area contributed by atoms with Crippen LogP contribution in [0.5, 0.6) is 0 Å². The summed E-state index contributed by atoms with van der Waals surface area (Å²) in [6.45, 7) is 2.71. The van der Waals surface area contributed by atoms with Gasteiger partial charge >= 0.3 is 5.97 Å². The second-order valence-electron chi connectivity index (χ2n) is 4.51. The summed E-state index contributed by atoms with van der Waals surface area (Å²) in [6.07, 6.45) is 1.35. The van der Waals surface area contributed by atoms with Gasteiger partial charge in [0, 0.05) is 17.6 Å². The zero-order chi connectivity index (χ0) is 14.8. The first-order chi connectivity index (χ1) is 9.46. The first-order valence-electron chi connectivity index (χ1n) is 6.36. The van der Waals surface area contributed by atoms with E-state index in [1.807, 2.05) is 0 Å². The van der Waals surface area contributed by atoms with Crippen LogP contribution in [0, 0.1) is 5.92 Å². The van der Waals surface area contributed by atoms with Gasteiger partial charge in [-0.1, -0.05) is 0 Å². The lowest BCUT2D eigenvalue weighted by Crippen LogP contribution is -2.42. The van der Waals surface area contributed by atoms with Gasteiger partial charge in [0.15, 0.2) is 0 Å². The van der Waals surface area contributed by atoms with Gasteiger partial charge in [0.2, 0.25) is 0 Å². The van der Waals surface area contributed by atoms with Crippen molar-refractivity contribution in [1.82, 2.24) is 4.31 Å². The topological polar surface area (TPSA) is 63.7 Å². The molecule has 1 atom stereocenters. The van der Waals surface area contributed by atoms with E-state index >= 15 is 0 Å². The highest BCUT2D eigenvalue weighted by Crippen LogP contribution is 2.32. The molecule has 0 N–H and O–H groups in total. The Morgan fingerprint density at radius 2 is 2.35 bits per heavy atom. The van der Waals surface area contributed by atoms with Crippen LogP contribution in [0.2, 0.25) is 0 Å². The molecule has 2 heterocycles. The normalized spacial score (nSPS) is 20.8. The van der Waals surface area contributed by atoms with E-state index in [0.717, 1.165) is 0 Å². The zero-order valence-corrected chi connectivity index (χ0v) is 14.3. The third-order valence-corrected chi connectivity index (χ3v) is 7.68. The van der Waals surface area contributed by atoms with Crippen molar-refractivity contribution in [3.8, 4) is 0 Å². The Hall–Kier alpha value is -0.440. The molecular formula is C12H16BrNO4S2. The van der Waals surface area contributed by atoms with E-state index in [9.17, 15) is 13.2 Å². The van der Waals surface area contributed by atoms with E-state index in [0.29, 0.717) is 34.7 Å². The average molecular weight is 382 g/mol. The van der Waals surface area contributed by atoms with Gasteiger partial charge in [0.05, 0.1) is 12.5 Å². The highest BCUT2D eigenvalue weighted by Gasteiger charge is 2.35. The highest BCUT2D eigenvalue weighted by molar-refractivity contribution is 9.10. The van der Waals surface area contributed by atoms with Gasteiger partial charge in [-0.05, 0) is 47.1 Å². The van der Waals surface area contributed by atoms with Gasteiger partial charge in [-0.2, -0.15) is 4.31 Å². The third kappa shape index (κ3) is 3.24. The molecule has 5 nitrogen and oxygen atoms in total. The van der Waals surface area contributed by atoms with E-state index < -0.39 is 10.0 Å². The fourth-order valence-corrected chi connectivity index (χ4v) is 6.17. The fourth-order valence-electron chi connectivity index (χ4n) is 2.19. The Morgan fingerprint density at radius 1 is 1.60 bits per heavy atom. The summed E-state index contributed by atoms with van der Waals surface area (Å²) in [6, 6.07) is 1.71. The summed E-state index contributed by atoms with van der Waals surface area (Å²) in [4.78, 5) is 11.8. The number of hydrogen-bond donors (Lipinski definition) is 0.